The fourth-order valence-electron chi connectivity index (χ4n) is 5.45. The van der Waals surface area contributed by atoms with Crippen LogP contribution in [0.15, 0.2) is 18.2 Å². The average Bonchev–Trinajstić information content (AvgIpc) is 3.52. The van der Waals surface area contributed by atoms with E-state index in [1.165, 1.54) is 0 Å². The van der Waals surface area contributed by atoms with Crippen molar-refractivity contribution in [3.05, 3.63) is 23.9 Å². The fraction of sp³-hybridized carbons (Fsp3) is 0.600. The third kappa shape index (κ3) is 6.44. The Kier molecular flexibility index (Phi) is 7.68. The van der Waals surface area contributed by atoms with Gasteiger partial charge in [-0.15, -0.1) is 0 Å². The molecule has 1 saturated carbocycles. The van der Waals surface area contributed by atoms with Crippen LogP contribution in [0.5, 0.6) is 11.6 Å². The molecule has 2 fully saturated rings. The molecule has 2 aromatic rings. The van der Waals surface area contributed by atoms with E-state index < -0.39 is 17.6 Å². The number of rotatable bonds is 1. The Morgan fingerprint density at radius 3 is 2.72 bits per heavy atom. The molecule has 5 rings (SSSR count). The lowest BCUT2D eigenvalue weighted by Crippen LogP contribution is -2.52. The molecule has 1 unspecified atom stereocenters. The third-order valence-electron chi connectivity index (χ3n) is 7.79. The number of carbonyl (C=O) groups excluding carboxylic acids is 2. The predicted molar refractivity (Wildman–Crippen MR) is 147 cm³/mol. The van der Waals surface area contributed by atoms with Crippen LogP contribution in [-0.2, 0) is 9.53 Å². The van der Waals surface area contributed by atoms with Crippen molar-refractivity contribution in [1.29, 1.82) is 0 Å². The number of nitrogens with one attached hydrogen (secondary N) is 1. The zero-order valence-electron chi connectivity index (χ0n) is 23.5. The zero-order valence-corrected chi connectivity index (χ0v) is 23.5. The van der Waals surface area contributed by atoms with Gasteiger partial charge in [-0.3, -0.25) is 9.69 Å². The highest BCUT2D eigenvalue weighted by atomic mass is 16.6. The molecule has 9 heteroatoms. The summed E-state index contributed by atoms with van der Waals surface area (Å²) in [6.07, 6.45) is 3.31. The summed E-state index contributed by atoms with van der Waals surface area (Å²) in [7, 11) is 1.62. The van der Waals surface area contributed by atoms with E-state index in [1.54, 1.807) is 7.11 Å². The molecule has 2 aliphatic heterocycles. The number of carbonyl (C=O) groups is 2. The summed E-state index contributed by atoms with van der Waals surface area (Å²) >= 11 is 0. The molecule has 2 bridgehead atoms. The number of fused-ring (bicyclic) bond motifs is 5. The van der Waals surface area contributed by atoms with Gasteiger partial charge in [-0.25, -0.2) is 14.8 Å². The van der Waals surface area contributed by atoms with Crippen LogP contribution in [0.3, 0.4) is 0 Å². The summed E-state index contributed by atoms with van der Waals surface area (Å²) in [4.78, 5) is 37.8. The first-order valence-corrected chi connectivity index (χ1v) is 13.9. The third-order valence-corrected chi connectivity index (χ3v) is 7.79. The van der Waals surface area contributed by atoms with Gasteiger partial charge in [0.05, 0.1) is 30.7 Å². The first-order chi connectivity index (χ1) is 18.6. The van der Waals surface area contributed by atoms with E-state index in [0.29, 0.717) is 41.7 Å². The number of Topliss-reactive ketones (excluding diaryl/α,β-unsaturated/α-hetero) is 1. The minimum atomic E-state index is -0.655. The van der Waals surface area contributed by atoms with Gasteiger partial charge in [-0.2, -0.15) is 0 Å². The lowest BCUT2D eigenvalue weighted by molar-refractivity contribution is -0.124. The van der Waals surface area contributed by atoms with Crippen molar-refractivity contribution < 1.29 is 23.8 Å². The number of hydrogen-bond acceptors (Lipinski definition) is 8. The maximum absolute atomic E-state index is 13.5. The molecule has 0 radical (unpaired) electrons. The van der Waals surface area contributed by atoms with E-state index in [-0.39, 0.29) is 30.6 Å². The number of hydrogen-bond donors (Lipinski definition) is 1. The van der Waals surface area contributed by atoms with Crippen molar-refractivity contribution in [3.63, 3.8) is 0 Å². The Bertz CT molecular complexity index is 1310. The maximum Gasteiger partial charge on any atom is 0.408 e. The number of methoxy groups -OCH3 is 1. The molecule has 3 aliphatic rings. The molecule has 3 heterocycles. The van der Waals surface area contributed by atoms with Crippen molar-refractivity contribution in [3.8, 4) is 23.5 Å². The summed E-state index contributed by atoms with van der Waals surface area (Å²) in [5, 5.41) is 2.87. The number of ether oxygens (including phenoxy) is 3. The highest BCUT2D eigenvalue weighted by molar-refractivity contribution is 5.89. The number of benzene rings is 1. The molecular weight excluding hydrogens is 496 g/mol. The Hall–Kier alpha value is -3.38. The summed E-state index contributed by atoms with van der Waals surface area (Å²) in [6, 6.07) is 5.03. The second-order valence-corrected chi connectivity index (χ2v) is 12.0. The van der Waals surface area contributed by atoms with Gasteiger partial charge in [0.2, 0.25) is 5.88 Å². The summed E-state index contributed by atoms with van der Waals surface area (Å²) in [6.45, 7) is 8.73. The standard InChI is InChI=1S/C30H38N4O5/c1-18-13-21-16-34(18)17-25(35)27(30(2,3)4)33-29(36)39-26-14-19(26)9-7-6-8-10-23-28(38-21)32-24-15-20(37-5)11-12-22(24)31-23/h11-12,15,18-19,21,26-27H,6-7,9,13-14,16-17H2,1-5H3,(H,33,36)/t18-,19-,21-,26-,27-/m1/s1. The van der Waals surface area contributed by atoms with Crippen LogP contribution in [-0.4, -0.2) is 71.2 Å². The van der Waals surface area contributed by atoms with Crippen molar-refractivity contribution in [2.45, 2.75) is 84.1 Å². The second-order valence-electron chi connectivity index (χ2n) is 12.0. The van der Waals surface area contributed by atoms with Gasteiger partial charge in [0.1, 0.15) is 18.0 Å². The van der Waals surface area contributed by atoms with Crippen LogP contribution >= 0.6 is 0 Å². The number of nitrogens with zero attached hydrogens (tertiary/aromatic N) is 3. The van der Waals surface area contributed by atoms with E-state index in [1.807, 2.05) is 39.0 Å². The predicted octanol–water partition coefficient (Wildman–Crippen LogP) is 4.11. The van der Waals surface area contributed by atoms with Crippen LogP contribution < -0.4 is 14.8 Å². The van der Waals surface area contributed by atoms with Crippen LogP contribution in [0.1, 0.15) is 65.5 Å². The van der Waals surface area contributed by atoms with E-state index >= 15 is 0 Å². The molecule has 1 saturated heterocycles. The SMILES string of the molecule is COc1ccc2nc3c(nc2c1)O[C@@H]1C[C@@H](C)N(CC(=O)[C@H](C(C)(C)C)NC(=O)O[C@@H]2C[C@H]2CCCC#C3)C1. The lowest BCUT2D eigenvalue weighted by atomic mass is 9.84. The molecule has 1 aromatic carbocycles. The van der Waals surface area contributed by atoms with Gasteiger partial charge < -0.3 is 19.5 Å². The highest BCUT2D eigenvalue weighted by Crippen LogP contribution is 2.38. The fourth-order valence-corrected chi connectivity index (χ4v) is 5.45. The first-order valence-electron chi connectivity index (χ1n) is 13.9. The minimum absolute atomic E-state index is 0.0404. The number of ketones is 1. The van der Waals surface area contributed by atoms with E-state index in [2.05, 4.69) is 29.0 Å². The largest absolute Gasteiger partial charge is 0.497 e. The van der Waals surface area contributed by atoms with Crippen molar-refractivity contribution in [1.82, 2.24) is 20.2 Å². The van der Waals surface area contributed by atoms with Crippen molar-refractivity contribution in [2.75, 3.05) is 20.2 Å². The Balaban J connectivity index is 1.43. The molecule has 0 spiro atoms. The molecule has 208 valence electrons. The second kappa shape index (κ2) is 11.0. The molecule has 1 aliphatic carbocycles. The molecule has 1 N–H and O–H groups in total. The molecule has 1 amide bonds. The zero-order chi connectivity index (χ0) is 27.7. The smallest absolute Gasteiger partial charge is 0.408 e. The van der Waals surface area contributed by atoms with E-state index in [9.17, 15) is 9.59 Å². The van der Waals surface area contributed by atoms with Crippen LogP contribution in [0, 0.1) is 23.2 Å². The van der Waals surface area contributed by atoms with Gasteiger partial charge >= 0.3 is 6.09 Å². The summed E-state index contributed by atoms with van der Waals surface area (Å²) in [5.41, 5.74) is 1.46. The summed E-state index contributed by atoms with van der Waals surface area (Å²) in [5.74, 6) is 7.82. The molecule has 6 atom stereocenters. The Morgan fingerprint density at radius 1 is 1.13 bits per heavy atom. The topological polar surface area (TPSA) is 103 Å². The minimum Gasteiger partial charge on any atom is -0.497 e. The van der Waals surface area contributed by atoms with Gasteiger partial charge in [-0.1, -0.05) is 26.7 Å². The van der Waals surface area contributed by atoms with Gasteiger partial charge in [0.15, 0.2) is 11.5 Å². The normalized spacial score (nSPS) is 29.7. The molecule has 39 heavy (non-hydrogen) atoms. The van der Waals surface area contributed by atoms with Crippen molar-refractivity contribution in [2.24, 2.45) is 11.3 Å². The first kappa shape index (κ1) is 27.2. The van der Waals surface area contributed by atoms with Gasteiger partial charge in [0.25, 0.3) is 0 Å². The van der Waals surface area contributed by atoms with Gasteiger partial charge in [-0.05, 0) is 55.6 Å². The summed E-state index contributed by atoms with van der Waals surface area (Å²) < 4.78 is 17.4. The highest BCUT2D eigenvalue weighted by Gasteiger charge is 2.42. The Morgan fingerprint density at radius 2 is 1.95 bits per heavy atom. The molecule has 9 nitrogen and oxygen atoms in total. The van der Waals surface area contributed by atoms with Crippen LogP contribution in [0.4, 0.5) is 4.79 Å². The van der Waals surface area contributed by atoms with Crippen molar-refractivity contribution >= 4 is 22.9 Å². The number of aromatic nitrogens is 2. The lowest BCUT2D eigenvalue weighted by Gasteiger charge is -2.32. The van der Waals surface area contributed by atoms with Crippen LogP contribution in [0.2, 0.25) is 0 Å². The van der Waals surface area contributed by atoms with Crippen LogP contribution in [0.25, 0.3) is 11.0 Å². The number of alkyl carbamates (subject to hydrolysis) is 1. The number of amides is 1. The molecule has 1 aromatic heterocycles. The average molecular weight is 535 g/mol. The van der Waals surface area contributed by atoms with E-state index in [4.69, 9.17) is 24.2 Å². The monoisotopic (exact) mass is 534 g/mol. The Labute approximate surface area is 230 Å². The maximum atomic E-state index is 13.5. The van der Waals surface area contributed by atoms with Gasteiger partial charge in [0, 0.05) is 31.5 Å². The quantitative estimate of drug-likeness (QED) is 0.546. The molecular formula is C30H38N4O5. The van der Waals surface area contributed by atoms with E-state index in [0.717, 1.165) is 31.2 Å².